The lowest BCUT2D eigenvalue weighted by atomic mass is 9.96. The van der Waals surface area contributed by atoms with Crippen molar-refractivity contribution in [1.29, 1.82) is 0 Å². The second kappa shape index (κ2) is 13.0. The van der Waals surface area contributed by atoms with E-state index in [0.29, 0.717) is 29.6 Å². The lowest BCUT2D eigenvalue weighted by molar-refractivity contribution is -0.384. The van der Waals surface area contributed by atoms with E-state index in [9.17, 15) is 14.9 Å². The summed E-state index contributed by atoms with van der Waals surface area (Å²) in [5.74, 6) is 0.729. The molecule has 5 aromatic rings. The Balaban J connectivity index is 1.16. The van der Waals surface area contributed by atoms with E-state index in [1.54, 1.807) is 12.1 Å². The number of aromatic nitrogens is 3. The van der Waals surface area contributed by atoms with Crippen LogP contribution in [0.25, 0.3) is 17.1 Å². The van der Waals surface area contributed by atoms with Crippen LogP contribution in [0.4, 0.5) is 5.69 Å². The van der Waals surface area contributed by atoms with Gasteiger partial charge in [-0.25, -0.2) is 0 Å². The van der Waals surface area contributed by atoms with Crippen molar-refractivity contribution in [3.05, 3.63) is 137 Å². The number of carbonyl (C=O) groups is 1. The van der Waals surface area contributed by atoms with Gasteiger partial charge in [0, 0.05) is 49.6 Å². The van der Waals surface area contributed by atoms with Gasteiger partial charge in [0.2, 0.25) is 5.91 Å². The molecule has 9 nitrogen and oxygen atoms in total. The number of hydrogen-bond acceptors (Lipinski definition) is 7. The number of nitro benzene ring substituents is 1. The molecular formula is C33H30N6O3S. The van der Waals surface area contributed by atoms with Crippen LogP contribution in [-0.4, -0.2) is 67.3 Å². The standard InChI is InChI=1S/C33H30N6O3S/c40-30(36-19-21-37(22-20-36)31(25-11-4-1-5-12-25)26-13-6-2-7-14-26)24-43-33-35-34-32(38(33)28-16-8-3-9-17-28)27-15-10-18-29(23-27)39(41)42/h1-18,23,31H,19-22,24H2. The van der Waals surface area contributed by atoms with Crippen molar-refractivity contribution in [2.24, 2.45) is 0 Å². The third-order valence-corrected chi connectivity index (χ3v) is 8.46. The zero-order chi connectivity index (χ0) is 29.6. The summed E-state index contributed by atoms with van der Waals surface area (Å²) in [7, 11) is 0. The molecule has 0 N–H and O–H groups in total. The molecule has 0 atom stereocenters. The Morgan fingerprint density at radius 2 is 1.40 bits per heavy atom. The maximum absolute atomic E-state index is 13.4. The minimum Gasteiger partial charge on any atom is -0.339 e. The van der Waals surface area contributed by atoms with Gasteiger partial charge in [-0.3, -0.25) is 24.4 Å². The van der Waals surface area contributed by atoms with Gasteiger partial charge in [-0.15, -0.1) is 10.2 Å². The highest BCUT2D eigenvalue weighted by atomic mass is 32.2. The van der Waals surface area contributed by atoms with Crippen molar-refractivity contribution in [2.75, 3.05) is 31.9 Å². The average molecular weight is 591 g/mol. The highest BCUT2D eigenvalue weighted by Crippen LogP contribution is 2.31. The number of benzene rings is 4. The average Bonchev–Trinajstić information content (AvgIpc) is 3.50. The fourth-order valence-electron chi connectivity index (χ4n) is 5.45. The van der Waals surface area contributed by atoms with Crippen LogP contribution in [-0.2, 0) is 4.79 Å². The number of nitrogens with zero attached hydrogens (tertiary/aromatic N) is 6. The molecule has 1 aliphatic heterocycles. The molecule has 0 radical (unpaired) electrons. The predicted molar refractivity (Wildman–Crippen MR) is 167 cm³/mol. The van der Waals surface area contributed by atoms with E-state index >= 15 is 0 Å². The van der Waals surface area contributed by atoms with Crippen molar-refractivity contribution >= 4 is 23.4 Å². The van der Waals surface area contributed by atoms with E-state index in [4.69, 9.17) is 0 Å². The molecule has 0 saturated carbocycles. The highest BCUT2D eigenvalue weighted by Gasteiger charge is 2.28. The Labute approximate surface area is 253 Å². The lowest BCUT2D eigenvalue weighted by Crippen LogP contribution is -2.50. The number of rotatable bonds is 9. The first-order valence-electron chi connectivity index (χ1n) is 14.1. The van der Waals surface area contributed by atoms with E-state index < -0.39 is 4.92 Å². The van der Waals surface area contributed by atoms with Gasteiger partial charge in [-0.1, -0.05) is 103 Å². The van der Waals surface area contributed by atoms with Crippen molar-refractivity contribution in [1.82, 2.24) is 24.6 Å². The third-order valence-electron chi connectivity index (χ3n) is 7.55. The second-order valence-corrected chi connectivity index (χ2v) is 11.2. The zero-order valence-electron chi connectivity index (χ0n) is 23.4. The molecule has 0 unspecified atom stereocenters. The molecule has 216 valence electrons. The fraction of sp³-hybridized carbons (Fsp3) is 0.182. The van der Waals surface area contributed by atoms with Crippen LogP contribution in [0.1, 0.15) is 17.2 Å². The van der Waals surface area contributed by atoms with Crippen LogP contribution in [0.3, 0.4) is 0 Å². The van der Waals surface area contributed by atoms with Crippen molar-refractivity contribution in [3.63, 3.8) is 0 Å². The van der Waals surface area contributed by atoms with Gasteiger partial charge in [-0.05, 0) is 23.3 Å². The molecule has 1 aliphatic rings. The minimum absolute atomic E-state index is 0.0228. The number of amides is 1. The van der Waals surface area contributed by atoms with Gasteiger partial charge in [-0.2, -0.15) is 0 Å². The van der Waals surface area contributed by atoms with E-state index in [-0.39, 0.29) is 23.4 Å². The lowest BCUT2D eigenvalue weighted by Gasteiger charge is -2.39. The molecular weight excluding hydrogens is 560 g/mol. The number of carbonyl (C=O) groups excluding carboxylic acids is 1. The molecule has 0 aliphatic carbocycles. The van der Waals surface area contributed by atoms with Crippen LogP contribution < -0.4 is 0 Å². The summed E-state index contributed by atoms with van der Waals surface area (Å²) in [6, 6.07) is 37.0. The van der Waals surface area contributed by atoms with Crippen molar-refractivity contribution < 1.29 is 9.72 Å². The molecule has 43 heavy (non-hydrogen) atoms. The number of hydrogen-bond donors (Lipinski definition) is 0. The molecule has 0 bridgehead atoms. The second-order valence-electron chi connectivity index (χ2n) is 10.2. The summed E-state index contributed by atoms with van der Waals surface area (Å²) in [5, 5.41) is 20.7. The summed E-state index contributed by atoms with van der Waals surface area (Å²) in [6.45, 7) is 2.81. The molecule has 2 heterocycles. The summed E-state index contributed by atoms with van der Waals surface area (Å²) in [5.41, 5.74) is 3.84. The van der Waals surface area contributed by atoms with Gasteiger partial charge in [0.1, 0.15) is 0 Å². The zero-order valence-corrected chi connectivity index (χ0v) is 24.2. The molecule has 6 rings (SSSR count). The number of nitro groups is 1. The Bertz CT molecular complexity index is 1650. The molecule has 1 amide bonds. The van der Waals surface area contributed by atoms with Gasteiger partial charge in [0.15, 0.2) is 11.0 Å². The Kier molecular flexibility index (Phi) is 8.57. The van der Waals surface area contributed by atoms with Gasteiger partial charge in [0.05, 0.1) is 16.7 Å². The number of thioether (sulfide) groups is 1. The Morgan fingerprint density at radius 1 is 0.791 bits per heavy atom. The maximum Gasteiger partial charge on any atom is 0.270 e. The Hall–Kier alpha value is -4.80. The minimum atomic E-state index is -0.428. The van der Waals surface area contributed by atoms with Gasteiger partial charge in [0.25, 0.3) is 5.69 Å². The molecule has 1 saturated heterocycles. The SMILES string of the molecule is O=C(CSc1nnc(-c2cccc([N+](=O)[O-])c2)n1-c1ccccc1)N1CCN(C(c2ccccc2)c2ccccc2)CC1. The predicted octanol–water partition coefficient (Wildman–Crippen LogP) is 5.87. The first-order valence-corrected chi connectivity index (χ1v) is 15.1. The van der Waals surface area contributed by atoms with Crippen LogP contribution in [0.15, 0.2) is 120 Å². The largest absolute Gasteiger partial charge is 0.339 e. The van der Waals surface area contributed by atoms with E-state index in [2.05, 4.69) is 63.6 Å². The van der Waals surface area contributed by atoms with E-state index in [0.717, 1.165) is 18.8 Å². The quantitative estimate of drug-likeness (QED) is 0.120. The maximum atomic E-state index is 13.4. The smallest absolute Gasteiger partial charge is 0.270 e. The number of non-ortho nitro benzene ring substituents is 1. The number of para-hydroxylation sites is 1. The molecule has 4 aromatic carbocycles. The normalized spacial score (nSPS) is 13.7. The van der Waals surface area contributed by atoms with Crippen LogP contribution >= 0.6 is 11.8 Å². The first-order chi connectivity index (χ1) is 21.1. The molecule has 1 fully saturated rings. The third kappa shape index (κ3) is 6.35. The molecule has 0 spiro atoms. The fourth-order valence-corrected chi connectivity index (χ4v) is 6.31. The van der Waals surface area contributed by atoms with Gasteiger partial charge < -0.3 is 4.90 Å². The summed E-state index contributed by atoms with van der Waals surface area (Å²) in [6.07, 6.45) is 0. The monoisotopic (exact) mass is 590 g/mol. The summed E-state index contributed by atoms with van der Waals surface area (Å²) in [4.78, 5) is 28.7. The summed E-state index contributed by atoms with van der Waals surface area (Å²) < 4.78 is 1.85. The highest BCUT2D eigenvalue weighted by molar-refractivity contribution is 7.99. The molecule has 1 aromatic heterocycles. The van der Waals surface area contributed by atoms with Crippen LogP contribution in [0.5, 0.6) is 0 Å². The first kappa shape index (κ1) is 28.3. The van der Waals surface area contributed by atoms with E-state index in [1.807, 2.05) is 51.9 Å². The Morgan fingerprint density at radius 3 is 2.00 bits per heavy atom. The van der Waals surface area contributed by atoms with Crippen LogP contribution in [0.2, 0.25) is 0 Å². The van der Waals surface area contributed by atoms with E-state index in [1.165, 1.54) is 35.0 Å². The molecule has 10 heteroatoms. The van der Waals surface area contributed by atoms with Crippen LogP contribution in [0, 0.1) is 10.1 Å². The van der Waals surface area contributed by atoms with Crippen molar-refractivity contribution in [2.45, 2.75) is 11.2 Å². The topological polar surface area (TPSA) is 97.4 Å². The number of piperazine rings is 1. The van der Waals surface area contributed by atoms with Crippen molar-refractivity contribution in [3.8, 4) is 17.1 Å². The summed E-state index contributed by atoms with van der Waals surface area (Å²) >= 11 is 1.32. The van der Waals surface area contributed by atoms with Gasteiger partial charge >= 0.3 is 0 Å².